The highest BCUT2D eigenvalue weighted by atomic mass is 32.2. The number of rotatable bonds is 3. The average molecular weight is 211 g/mol. The molecule has 14 heavy (non-hydrogen) atoms. The van der Waals surface area contributed by atoms with Crippen molar-refractivity contribution in [3.63, 3.8) is 0 Å². The molecule has 3 nitrogen and oxygen atoms in total. The Kier molecular flexibility index (Phi) is 3.13. The highest BCUT2D eigenvalue weighted by molar-refractivity contribution is 7.99. The van der Waals surface area contributed by atoms with Crippen LogP contribution in [0.2, 0.25) is 0 Å². The number of nitrogens with one attached hydrogen (secondary N) is 2. The molecular formula is C10H17N3S. The first-order valence-electron chi connectivity index (χ1n) is 5.09. The molecule has 1 aromatic rings. The Morgan fingerprint density at radius 3 is 3.00 bits per heavy atom. The van der Waals surface area contributed by atoms with Crippen molar-refractivity contribution in [2.75, 3.05) is 11.5 Å². The molecule has 1 aliphatic rings. The van der Waals surface area contributed by atoms with Crippen LogP contribution in [0, 0.1) is 13.8 Å². The molecule has 0 aliphatic carbocycles. The van der Waals surface area contributed by atoms with Crippen LogP contribution in [0.1, 0.15) is 23.4 Å². The summed E-state index contributed by atoms with van der Waals surface area (Å²) in [6.45, 7) is 5.10. The fraction of sp³-hybridized carbons (Fsp3) is 0.700. The fourth-order valence-corrected chi connectivity index (χ4v) is 2.96. The molecule has 1 aromatic heterocycles. The lowest BCUT2D eigenvalue weighted by Gasteiger charge is -2.10. The summed E-state index contributed by atoms with van der Waals surface area (Å²) in [7, 11) is 0. The number of aromatic amines is 1. The Hall–Kier alpha value is -0.480. The Labute approximate surface area is 89.1 Å². The monoisotopic (exact) mass is 211 g/mol. The SMILES string of the molecule is Cc1n[nH]c(C)c1CNC1CCSC1. The van der Waals surface area contributed by atoms with Crippen LogP contribution in [0.4, 0.5) is 0 Å². The lowest BCUT2D eigenvalue weighted by Crippen LogP contribution is -2.28. The topological polar surface area (TPSA) is 40.7 Å². The van der Waals surface area contributed by atoms with E-state index < -0.39 is 0 Å². The van der Waals surface area contributed by atoms with Gasteiger partial charge in [-0.3, -0.25) is 5.10 Å². The molecule has 0 amide bonds. The van der Waals surface area contributed by atoms with Crippen LogP contribution < -0.4 is 5.32 Å². The average Bonchev–Trinajstić information content (AvgIpc) is 2.76. The molecule has 1 unspecified atom stereocenters. The standard InChI is InChI=1S/C10H17N3S/c1-7-10(8(2)13-12-7)5-11-9-3-4-14-6-9/h9,11H,3-6H2,1-2H3,(H,12,13). The molecule has 0 bridgehead atoms. The van der Waals surface area contributed by atoms with Gasteiger partial charge in [-0.15, -0.1) is 0 Å². The number of thioether (sulfide) groups is 1. The zero-order valence-corrected chi connectivity index (χ0v) is 9.58. The lowest BCUT2D eigenvalue weighted by atomic mass is 10.2. The molecule has 1 aliphatic heterocycles. The smallest absolute Gasteiger partial charge is 0.0638 e. The van der Waals surface area contributed by atoms with Gasteiger partial charge in [0.1, 0.15) is 0 Å². The van der Waals surface area contributed by atoms with Crippen molar-refractivity contribution >= 4 is 11.8 Å². The molecule has 0 aromatic carbocycles. The summed E-state index contributed by atoms with van der Waals surface area (Å²) in [6.07, 6.45) is 1.31. The van der Waals surface area contributed by atoms with Gasteiger partial charge in [0.15, 0.2) is 0 Å². The van der Waals surface area contributed by atoms with Crippen molar-refractivity contribution in [1.82, 2.24) is 15.5 Å². The molecule has 0 radical (unpaired) electrons. The first-order valence-corrected chi connectivity index (χ1v) is 6.24. The molecule has 0 saturated carbocycles. The molecule has 2 rings (SSSR count). The molecule has 1 atom stereocenters. The third-order valence-electron chi connectivity index (χ3n) is 2.78. The first kappa shape index (κ1) is 10.1. The summed E-state index contributed by atoms with van der Waals surface area (Å²) in [6, 6.07) is 0.702. The summed E-state index contributed by atoms with van der Waals surface area (Å²) < 4.78 is 0. The summed E-state index contributed by atoms with van der Waals surface area (Å²) in [5.41, 5.74) is 3.66. The molecule has 1 saturated heterocycles. The van der Waals surface area contributed by atoms with Gasteiger partial charge in [0.05, 0.1) is 5.69 Å². The quantitative estimate of drug-likeness (QED) is 0.798. The maximum absolute atomic E-state index is 4.19. The number of nitrogens with zero attached hydrogens (tertiary/aromatic N) is 1. The van der Waals surface area contributed by atoms with Gasteiger partial charge in [0.2, 0.25) is 0 Å². The van der Waals surface area contributed by atoms with Gasteiger partial charge in [-0.1, -0.05) is 0 Å². The number of H-pyrrole nitrogens is 1. The maximum atomic E-state index is 4.19. The largest absolute Gasteiger partial charge is 0.309 e. The zero-order chi connectivity index (χ0) is 9.97. The van der Waals surface area contributed by atoms with Gasteiger partial charge in [-0.05, 0) is 26.0 Å². The van der Waals surface area contributed by atoms with Gasteiger partial charge < -0.3 is 5.32 Å². The zero-order valence-electron chi connectivity index (χ0n) is 8.76. The van der Waals surface area contributed by atoms with E-state index in [1.165, 1.54) is 29.2 Å². The second-order valence-electron chi connectivity index (χ2n) is 3.85. The minimum Gasteiger partial charge on any atom is -0.309 e. The number of aryl methyl sites for hydroxylation is 2. The van der Waals surface area contributed by atoms with E-state index in [4.69, 9.17) is 0 Å². The molecule has 1 fully saturated rings. The van der Waals surface area contributed by atoms with E-state index in [1.54, 1.807) is 0 Å². The third kappa shape index (κ3) is 2.12. The van der Waals surface area contributed by atoms with E-state index >= 15 is 0 Å². The van der Waals surface area contributed by atoms with Crippen molar-refractivity contribution < 1.29 is 0 Å². The Bertz CT molecular complexity index is 283. The van der Waals surface area contributed by atoms with Crippen LogP contribution in [0.15, 0.2) is 0 Å². The number of hydrogen-bond donors (Lipinski definition) is 2. The van der Waals surface area contributed by atoms with Gasteiger partial charge in [0.25, 0.3) is 0 Å². The Morgan fingerprint density at radius 1 is 1.57 bits per heavy atom. The van der Waals surface area contributed by atoms with Crippen molar-refractivity contribution in [1.29, 1.82) is 0 Å². The van der Waals surface area contributed by atoms with E-state index in [9.17, 15) is 0 Å². The van der Waals surface area contributed by atoms with Gasteiger partial charge >= 0.3 is 0 Å². The molecule has 2 N–H and O–H groups in total. The number of hydrogen-bond acceptors (Lipinski definition) is 3. The predicted octanol–water partition coefficient (Wildman–Crippen LogP) is 1.62. The van der Waals surface area contributed by atoms with Crippen LogP contribution in [-0.4, -0.2) is 27.7 Å². The van der Waals surface area contributed by atoms with E-state index in [-0.39, 0.29) is 0 Å². The van der Waals surface area contributed by atoms with Gasteiger partial charge in [0, 0.05) is 29.6 Å². The van der Waals surface area contributed by atoms with Crippen LogP contribution in [0.5, 0.6) is 0 Å². The highest BCUT2D eigenvalue weighted by Crippen LogP contribution is 2.18. The first-order chi connectivity index (χ1) is 6.77. The normalized spacial score (nSPS) is 21.7. The van der Waals surface area contributed by atoms with Gasteiger partial charge in [-0.2, -0.15) is 16.9 Å². The van der Waals surface area contributed by atoms with E-state index in [2.05, 4.69) is 29.4 Å². The molecule has 4 heteroatoms. The van der Waals surface area contributed by atoms with Gasteiger partial charge in [-0.25, -0.2) is 0 Å². The molecule has 0 spiro atoms. The van der Waals surface area contributed by atoms with E-state index in [0.29, 0.717) is 6.04 Å². The third-order valence-corrected chi connectivity index (χ3v) is 3.94. The Morgan fingerprint density at radius 2 is 2.43 bits per heavy atom. The van der Waals surface area contributed by atoms with Crippen molar-refractivity contribution in [2.45, 2.75) is 32.9 Å². The second-order valence-corrected chi connectivity index (χ2v) is 5.00. The van der Waals surface area contributed by atoms with Crippen molar-refractivity contribution in [2.24, 2.45) is 0 Å². The molecule has 2 heterocycles. The van der Waals surface area contributed by atoms with Crippen molar-refractivity contribution in [3.8, 4) is 0 Å². The predicted molar refractivity (Wildman–Crippen MR) is 60.6 cm³/mol. The minimum atomic E-state index is 0.702. The second kappa shape index (κ2) is 4.36. The fourth-order valence-electron chi connectivity index (χ4n) is 1.78. The molecular weight excluding hydrogens is 194 g/mol. The van der Waals surface area contributed by atoms with Crippen LogP contribution in [-0.2, 0) is 6.54 Å². The van der Waals surface area contributed by atoms with Crippen LogP contribution in [0.25, 0.3) is 0 Å². The van der Waals surface area contributed by atoms with Crippen molar-refractivity contribution in [3.05, 3.63) is 17.0 Å². The summed E-state index contributed by atoms with van der Waals surface area (Å²) in [5.74, 6) is 2.57. The Balaban J connectivity index is 1.90. The van der Waals surface area contributed by atoms with Crippen LogP contribution in [0.3, 0.4) is 0 Å². The van der Waals surface area contributed by atoms with E-state index in [1.807, 2.05) is 11.8 Å². The van der Waals surface area contributed by atoms with E-state index in [0.717, 1.165) is 12.2 Å². The highest BCUT2D eigenvalue weighted by Gasteiger charge is 2.15. The molecule has 78 valence electrons. The minimum absolute atomic E-state index is 0.702. The summed E-state index contributed by atoms with van der Waals surface area (Å²) in [5, 5.41) is 10.8. The lowest BCUT2D eigenvalue weighted by molar-refractivity contribution is 0.556. The summed E-state index contributed by atoms with van der Waals surface area (Å²) >= 11 is 2.04. The van der Waals surface area contributed by atoms with Crippen LogP contribution >= 0.6 is 11.8 Å². The summed E-state index contributed by atoms with van der Waals surface area (Å²) in [4.78, 5) is 0. The number of aromatic nitrogens is 2. The maximum Gasteiger partial charge on any atom is 0.0638 e.